The van der Waals surface area contributed by atoms with Crippen molar-refractivity contribution in [3.63, 3.8) is 0 Å². The van der Waals surface area contributed by atoms with Crippen LogP contribution in [0.4, 0.5) is 5.69 Å². The molecule has 2 rings (SSSR count). The molecule has 0 aliphatic carbocycles. The molecule has 3 heteroatoms. The number of ether oxygens (including phenoxy) is 1. The lowest BCUT2D eigenvalue weighted by molar-refractivity contribution is 0.415. The molecule has 2 nitrogen and oxygen atoms in total. The molecule has 0 amide bonds. The molecule has 2 aromatic carbocycles. The first-order valence-corrected chi connectivity index (χ1v) is 6.40. The van der Waals surface area contributed by atoms with Crippen molar-refractivity contribution in [2.45, 2.75) is 6.04 Å². The summed E-state index contributed by atoms with van der Waals surface area (Å²) in [6.45, 7) is 3.86. The molecule has 0 unspecified atom stereocenters. The molecule has 0 spiro atoms. The van der Waals surface area contributed by atoms with Crippen LogP contribution >= 0.6 is 11.6 Å². The van der Waals surface area contributed by atoms with Crippen LogP contribution in [-0.4, -0.2) is 7.11 Å². The van der Waals surface area contributed by atoms with Gasteiger partial charge in [0, 0.05) is 10.7 Å². The molecule has 0 radical (unpaired) electrons. The van der Waals surface area contributed by atoms with Crippen molar-refractivity contribution >= 4 is 17.3 Å². The summed E-state index contributed by atoms with van der Waals surface area (Å²) in [6.07, 6.45) is 1.84. The molecular formula is C16H16ClNO. The highest BCUT2D eigenvalue weighted by atomic mass is 35.5. The van der Waals surface area contributed by atoms with Crippen LogP contribution in [0, 0.1) is 0 Å². The van der Waals surface area contributed by atoms with E-state index in [4.69, 9.17) is 16.3 Å². The Morgan fingerprint density at radius 2 is 1.84 bits per heavy atom. The van der Waals surface area contributed by atoms with Crippen molar-refractivity contribution in [2.75, 3.05) is 12.4 Å². The van der Waals surface area contributed by atoms with Gasteiger partial charge >= 0.3 is 0 Å². The minimum absolute atomic E-state index is 0.0258. The zero-order chi connectivity index (χ0) is 13.7. The summed E-state index contributed by atoms with van der Waals surface area (Å²) in [7, 11) is 1.65. The van der Waals surface area contributed by atoms with Gasteiger partial charge in [-0.15, -0.1) is 6.58 Å². The molecule has 0 bridgehead atoms. The van der Waals surface area contributed by atoms with Gasteiger partial charge in [0.1, 0.15) is 5.75 Å². The summed E-state index contributed by atoms with van der Waals surface area (Å²) in [5, 5.41) is 4.11. The average molecular weight is 274 g/mol. The lowest BCUT2D eigenvalue weighted by atomic mass is 10.1. The number of methoxy groups -OCH3 is 1. The van der Waals surface area contributed by atoms with Crippen molar-refractivity contribution in [1.82, 2.24) is 0 Å². The predicted molar refractivity (Wildman–Crippen MR) is 81.0 cm³/mol. The summed E-state index contributed by atoms with van der Waals surface area (Å²) in [5.74, 6) is 0.832. The topological polar surface area (TPSA) is 21.3 Å². The Labute approximate surface area is 118 Å². The van der Waals surface area contributed by atoms with Crippen LogP contribution in [0.25, 0.3) is 0 Å². The van der Waals surface area contributed by atoms with Gasteiger partial charge in [-0.25, -0.2) is 0 Å². The average Bonchev–Trinajstić information content (AvgIpc) is 2.46. The van der Waals surface area contributed by atoms with Crippen molar-refractivity contribution in [1.29, 1.82) is 0 Å². The SMILES string of the molecule is C=C[C@@H](Nc1ccc(OC)cc1)c1ccccc1Cl. The smallest absolute Gasteiger partial charge is 0.119 e. The molecule has 0 aliphatic heterocycles. The molecule has 0 aliphatic rings. The van der Waals surface area contributed by atoms with Gasteiger partial charge < -0.3 is 10.1 Å². The molecular weight excluding hydrogens is 258 g/mol. The fourth-order valence-corrected chi connectivity index (χ4v) is 2.11. The van der Waals surface area contributed by atoms with Gasteiger partial charge in [0.05, 0.1) is 13.2 Å². The molecule has 1 atom stereocenters. The minimum Gasteiger partial charge on any atom is -0.497 e. The van der Waals surface area contributed by atoms with E-state index in [2.05, 4.69) is 11.9 Å². The monoisotopic (exact) mass is 273 g/mol. The quantitative estimate of drug-likeness (QED) is 0.798. The number of benzene rings is 2. The Morgan fingerprint density at radius 1 is 1.16 bits per heavy atom. The van der Waals surface area contributed by atoms with E-state index in [1.165, 1.54) is 0 Å². The van der Waals surface area contributed by atoms with Crippen LogP contribution in [0.3, 0.4) is 0 Å². The summed E-state index contributed by atoms with van der Waals surface area (Å²) < 4.78 is 5.14. The van der Waals surface area contributed by atoms with E-state index in [-0.39, 0.29) is 6.04 Å². The fraction of sp³-hybridized carbons (Fsp3) is 0.125. The Kier molecular flexibility index (Phi) is 4.48. The summed E-state index contributed by atoms with van der Waals surface area (Å²) in [6, 6.07) is 15.5. The molecule has 0 saturated carbocycles. The number of rotatable bonds is 5. The first-order valence-electron chi connectivity index (χ1n) is 6.02. The highest BCUT2D eigenvalue weighted by Crippen LogP contribution is 2.27. The van der Waals surface area contributed by atoms with Crippen LogP contribution in [0.1, 0.15) is 11.6 Å². The van der Waals surface area contributed by atoms with Crippen LogP contribution in [0.15, 0.2) is 61.2 Å². The maximum absolute atomic E-state index is 6.20. The first kappa shape index (κ1) is 13.5. The molecule has 2 aromatic rings. The van der Waals surface area contributed by atoms with E-state index in [0.717, 1.165) is 22.0 Å². The van der Waals surface area contributed by atoms with Crippen LogP contribution in [0.2, 0.25) is 5.02 Å². The second-order valence-electron chi connectivity index (χ2n) is 4.11. The van der Waals surface area contributed by atoms with Gasteiger partial charge in [-0.2, -0.15) is 0 Å². The maximum Gasteiger partial charge on any atom is 0.119 e. The maximum atomic E-state index is 6.20. The van der Waals surface area contributed by atoms with Crippen LogP contribution in [-0.2, 0) is 0 Å². The first-order chi connectivity index (χ1) is 9.24. The molecule has 0 aromatic heterocycles. The molecule has 0 heterocycles. The van der Waals surface area contributed by atoms with Crippen molar-refractivity contribution in [3.8, 4) is 5.75 Å². The number of hydrogen-bond donors (Lipinski definition) is 1. The zero-order valence-electron chi connectivity index (χ0n) is 10.8. The fourth-order valence-electron chi connectivity index (χ4n) is 1.86. The van der Waals surface area contributed by atoms with E-state index < -0.39 is 0 Å². The van der Waals surface area contributed by atoms with E-state index in [9.17, 15) is 0 Å². The number of anilines is 1. The van der Waals surface area contributed by atoms with Crippen molar-refractivity contribution < 1.29 is 4.74 Å². The van der Waals surface area contributed by atoms with Gasteiger partial charge in [0.15, 0.2) is 0 Å². The Bertz CT molecular complexity index is 551. The zero-order valence-corrected chi connectivity index (χ0v) is 11.5. The van der Waals surface area contributed by atoms with Gasteiger partial charge in [-0.3, -0.25) is 0 Å². The Balaban J connectivity index is 2.19. The second kappa shape index (κ2) is 6.30. The van der Waals surface area contributed by atoms with Crippen LogP contribution in [0.5, 0.6) is 5.75 Å². The Morgan fingerprint density at radius 3 is 2.42 bits per heavy atom. The Hall–Kier alpha value is -1.93. The van der Waals surface area contributed by atoms with Gasteiger partial charge in [0.25, 0.3) is 0 Å². The summed E-state index contributed by atoms with van der Waals surface area (Å²) in [4.78, 5) is 0. The number of hydrogen-bond acceptors (Lipinski definition) is 2. The highest BCUT2D eigenvalue weighted by Gasteiger charge is 2.10. The number of halogens is 1. The lowest BCUT2D eigenvalue weighted by Gasteiger charge is -2.18. The summed E-state index contributed by atoms with van der Waals surface area (Å²) >= 11 is 6.20. The van der Waals surface area contributed by atoms with E-state index in [0.29, 0.717) is 0 Å². The third-order valence-corrected chi connectivity index (χ3v) is 3.23. The van der Waals surface area contributed by atoms with Gasteiger partial charge in [-0.1, -0.05) is 35.9 Å². The molecule has 1 N–H and O–H groups in total. The van der Waals surface area contributed by atoms with Gasteiger partial charge in [0.2, 0.25) is 0 Å². The third kappa shape index (κ3) is 3.30. The van der Waals surface area contributed by atoms with E-state index in [1.54, 1.807) is 7.11 Å². The second-order valence-corrected chi connectivity index (χ2v) is 4.51. The largest absolute Gasteiger partial charge is 0.497 e. The van der Waals surface area contributed by atoms with Gasteiger partial charge in [-0.05, 0) is 35.9 Å². The minimum atomic E-state index is -0.0258. The van der Waals surface area contributed by atoms with Crippen molar-refractivity contribution in [2.24, 2.45) is 0 Å². The molecule has 19 heavy (non-hydrogen) atoms. The van der Waals surface area contributed by atoms with Crippen LogP contribution < -0.4 is 10.1 Å². The van der Waals surface area contributed by atoms with Crippen molar-refractivity contribution in [3.05, 3.63) is 71.8 Å². The third-order valence-electron chi connectivity index (χ3n) is 2.89. The highest BCUT2D eigenvalue weighted by molar-refractivity contribution is 6.31. The summed E-state index contributed by atoms with van der Waals surface area (Å²) in [5.41, 5.74) is 2.00. The molecule has 0 fully saturated rings. The lowest BCUT2D eigenvalue weighted by Crippen LogP contribution is -2.08. The van der Waals surface area contributed by atoms with E-state index >= 15 is 0 Å². The molecule has 98 valence electrons. The predicted octanol–water partition coefficient (Wildman–Crippen LogP) is 4.69. The normalized spacial score (nSPS) is 11.7. The number of nitrogens with one attached hydrogen (secondary N) is 1. The molecule has 0 saturated heterocycles. The standard InChI is InChI=1S/C16H16ClNO/c1-3-16(14-6-4-5-7-15(14)17)18-12-8-10-13(19-2)11-9-12/h3-11,16,18H,1H2,2H3/t16-/m1/s1. The van der Waals surface area contributed by atoms with E-state index in [1.807, 2.05) is 54.6 Å².